The van der Waals surface area contributed by atoms with Crippen molar-refractivity contribution in [2.75, 3.05) is 33.2 Å². The number of likely N-dealkylation sites (tertiary alicyclic amines) is 1. The minimum absolute atomic E-state index is 0.111. The van der Waals surface area contributed by atoms with Crippen molar-refractivity contribution >= 4 is 26.3 Å². The average Bonchev–Trinajstić information content (AvgIpc) is 2.56. The van der Waals surface area contributed by atoms with Crippen LogP contribution in [-0.2, 0) is 0 Å². The summed E-state index contributed by atoms with van der Waals surface area (Å²) in [5.74, 6) is 0.111. The highest BCUT2D eigenvalue weighted by molar-refractivity contribution is 9.15. The van der Waals surface area contributed by atoms with E-state index in [1.165, 1.54) is 10.1 Å². The van der Waals surface area contributed by atoms with Crippen molar-refractivity contribution in [3.8, 4) is 0 Å². The topological polar surface area (TPSA) is 23.6 Å². The van der Waals surface area contributed by atoms with Gasteiger partial charge in [-0.15, -0.1) is 0 Å². The van der Waals surface area contributed by atoms with Gasteiger partial charge in [-0.25, -0.2) is 0 Å². The van der Waals surface area contributed by atoms with Crippen LogP contribution in [0.1, 0.15) is 42.6 Å². The fraction of sp³-hybridized carbons (Fsp3) is 0.500. The van der Waals surface area contributed by atoms with E-state index in [1.807, 2.05) is 43.0 Å². The third-order valence-corrected chi connectivity index (χ3v) is 5.36. The van der Waals surface area contributed by atoms with E-state index in [0.717, 1.165) is 50.1 Å². The zero-order valence-corrected chi connectivity index (χ0v) is 15.3. The van der Waals surface area contributed by atoms with Crippen molar-refractivity contribution in [3.63, 3.8) is 0 Å². The largest absolute Gasteiger partial charge is 0.339 e. The van der Waals surface area contributed by atoms with E-state index in [4.69, 9.17) is 0 Å². The summed E-state index contributed by atoms with van der Waals surface area (Å²) in [6, 6.07) is 7.97. The molecule has 1 aliphatic heterocycles. The third kappa shape index (κ3) is 3.99. The predicted molar refractivity (Wildman–Crippen MR) is 96.3 cm³/mol. The van der Waals surface area contributed by atoms with Crippen LogP contribution in [0.2, 0.25) is 0 Å². The molecule has 4 heteroatoms. The van der Waals surface area contributed by atoms with Crippen molar-refractivity contribution < 1.29 is 4.79 Å². The van der Waals surface area contributed by atoms with Crippen LogP contribution in [0.25, 0.3) is 4.48 Å². The first-order valence-corrected chi connectivity index (χ1v) is 8.81. The second kappa shape index (κ2) is 7.93. The third-order valence-electron chi connectivity index (χ3n) is 4.34. The summed E-state index contributed by atoms with van der Waals surface area (Å²) in [7, 11) is 2.16. The lowest BCUT2D eigenvalue weighted by molar-refractivity contribution is 0.0773. The van der Waals surface area contributed by atoms with Crippen LogP contribution in [0.15, 0.2) is 29.8 Å². The first kappa shape index (κ1) is 17.2. The number of benzene rings is 1. The molecule has 1 aliphatic rings. The molecule has 0 unspecified atom stereocenters. The molecule has 120 valence electrons. The maximum absolute atomic E-state index is 12.3. The van der Waals surface area contributed by atoms with Gasteiger partial charge in [0.1, 0.15) is 0 Å². The summed E-state index contributed by atoms with van der Waals surface area (Å²) >= 11 is 3.75. The Balaban J connectivity index is 2.15. The van der Waals surface area contributed by atoms with Crippen molar-refractivity contribution in [1.82, 2.24) is 9.80 Å². The number of carbonyl (C=O) groups is 1. The Morgan fingerprint density at radius 3 is 2.09 bits per heavy atom. The highest BCUT2D eigenvalue weighted by Crippen LogP contribution is 2.31. The molecular weight excluding hydrogens is 340 g/mol. The number of nitrogens with zero attached hydrogens (tertiary/aromatic N) is 2. The van der Waals surface area contributed by atoms with Gasteiger partial charge in [-0.3, -0.25) is 4.79 Å². The molecule has 0 N–H and O–H groups in total. The molecule has 22 heavy (non-hydrogen) atoms. The van der Waals surface area contributed by atoms with E-state index >= 15 is 0 Å². The van der Waals surface area contributed by atoms with Gasteiger partial charge in [0, 0.05) is 36.2 Å². The minimum Gasteiger partial charge on any atom is -0.339 e. The van der Waals surface area contributed by atoms with Crippen LogP contribution in [0.4, 0.5) is 0 Å². The number of halogens is 1. The average molecular weight is 365 g/mol. The molecule has 3 nitrogen and oxygen atoms in total. The molecule has 0 saturated carbocycles. The van der Waals surface area contributed by atoms with Crippen molar-refractivity contribution in [2.45, 2.75) is 26.7 Å². The monoisotopic (exact) mass is 364 g/mol. The zero-order chi connectivity index (χ0) is 16.1. The minimum atomic E-state index is 0.111. The fourth-order valence-corrected chi connectivity index (χ4v) is 3.43. The van der Waals surface area contributed by atoms with Gasteiger partial charge in [0.05, 0.1) is 0 Å². The summed E-state index contributed by atoms with van der Waals surface area (Å²) < 4.78 is 1.20. The normalized spacial score (nSPS) is 15.7. The number of carbonyl (C=O) groups excluding carboxylic acids is 1. The van der Waals surface area contributed by atoms with Gasteiger partial charge in [-0.05, 0) is 51.4 Å². The lowest BCUT2D eigenvalue weighted by Crippen LogP contribution is -2.30. The SMILES string of the molecule is CCN(CC)C(=O)c1ccc(C(Br)=C2CCN(C)CC2)cc1. The zero-order valence-electron chi connectivity index (χ0n) is 13.7. The Morgan fingerprint density at radius 1 is 1.09 bits per heavy atom. The molecule has 1 fully saturated rings. The van der Waals surface area contributed by atoms with Crippen molar-refractivity contribution in [2.24, 2.45) is 0 Å². The fourth-order valence-electron chi connectivity index (χ4n) is 2.76. The number of hydrogen-bond donors (Lipinski definition) is 0. The number of piperidine rings is 1. The van der Waals surface area contributed by atoms with Crippen LogP contribution < -0.4 is 0 Å². The first-order valence-electron chi connectivity index (χ1n) is 8.02. The van der Waals surface area contributed by atoms with Crippen LogP contribution in [0, 0.1) is 0 Å². The van der Waals surface area contributed by atoms with Crippen molar-refractivity contribution in [1.29, 1.82) is 0 Å². The lowest BCUT2D eigenvalue weighted by atomic mass is 10.0. The van der Waals surface area contributed by atoms with E-state index in [9.17, 15) is 4.79 Å². The number of amides is 1. The maximum Gasteiger partial charge on any atom is 0.253 e. The van der Waals surface area contributed by atoms with Gasteiger partial charge in [0.2, 0.25) is 0 Å². The second-order valence-corrected chi connectivity index (χ2v) is 6.57. The molecule has 0 aliphatic carbocycles. The van der Waals surface area contributed by atoms with E-state index in [0.29, 0.717) is 0 Å². The van der Waals surface area contributed by atoms with E-state index in [1.54, 1.807) is 0 Å². The van der Waals surface area contributed by atoms with E-state index < -0.39 is 0 Å². The summed E-state index contributed by atoms with van der Waals surface area (Å²) in [6.45, 7) is 7.75. The Hall–Kier alpha value is -1.13. The van der Waals surface area contributed by atoms with Gasteiger partial charge in [-0.2, -0.15) is 0 Å². The van der Waals surface area contributed by atoms with Gasteiger partial charge >= 0.3 is 0 Å². The van der Waals surface area contributed by atoms with Gasteiger partial charge < -0.3 is 9.80 Å². The smallest absolute Gasteiger partial charge is 0.253 e. The lowest BCUT2D eigenvalue weighted by Gasteiger charge is -2.25. The molecule has 0 aromatic heterocycles. The number of hydrogen-bond acceptors (Lipinski definition) is 2. The summed E-state index contributed by atoms with van der Waals surface area (Å²) in [4.78, 5) is 16.5. The highest BCUT2D eigenvalue weighted by atomic mass is 79.9. The quantitative estimate of drug-likeness (QED) is 0.805. The summed E-state index contributed by atoms with van der Waals surface area (Å²) in [5, 5.41) is 0. The molecule has 0 bridgehead atoms. The van der Waals surface area contributed by atoms with Crippen LogP contribution in [0.5, 0.6) is 0 Å². The highest BCUT2D eigenvalue weighted by Gasteiger charge is 2.15. The molecule has 0 radical (unpaired) electrons. The Bertz CT molecular complexity index is 537. The van der Waals surface area contributed by atoms with Crippen molar-refractivity contribution in [3.05, 3.63) is 41.0 Å². The van der Waals surface area contributed by atoms with E-state index in [-0.39, 0.29) is 5.91 Å². The van der Waals surface area contributed by atoms with Gasteiger partial charge in [0.25, 0.3) is 5.91 Å². The molecular formula is C18H25BrN2O. The molecule has 1 aromatic carbocycles. The molecule has 1 saturated heterocycles. The Kier molecular flexibility index (Phi) is 6.21. The standard InChI is InChI=1S/C18H25BrN2O/c1-4-21(5-2)18(22)16-8-6-14(7-9-16)17(19)15-10-12-20(3)13-11-15/h6-9H,4-5,10-13H2,1-3H3. The molecule has 0 atom stereocenters. The Morgan fingerprint density at radius 2 is 1.59 bits per heavy atom. The number of rotatable bonds is 4. The molecule has 2 rings (SSSR count). The maximum atomic E-state index is 12.3. The molecule has 0 spiro atoms. The Labute approximate surface area is 142 Å². The van der Waals surface area contributed by atoms with Gasteiger partial charge in [0.15, 0.2) is 0 Å². The molecule has 1 amide bonds. The summed E-state index contributed by atoms with van der Waals surface area (Å²) in [6.07, 6.45) is 2.22. The van der Waals surface area contributed by atoms with Crippen LogP contribution in [-0.4, -0.2) is 48.9 Å². The molecule has 1 heterocycles. The van der Waals surface area contributed by atoms with Gasteiger partial charge in [-0.1, -0.05) is 33.6 Å². The molecule has 1 aromatic rings. The van der Waals surface area contributed by atoms with E-state index in [2.05, 4.69) is 27.9 Å². The van der Waals surface area contributed by atoms with Crippen LogP contribution >= 0.6 is 15.9 Å². The second-order valence-electron chi connectivity index (χ2n) is 5.78. The first-order chi connectivity index (χ1) is 10.6. The van der Waals surface area contributed by atoms with Crippen LogP contribution in [0.3, 0.4) is 0 Å². The predicted octanol–water partition coefficient (Wildman–Crippen LogP) is 4.00. The summed E-state index contributed by atoms with van der Waals surface area (Å²) in [5.41, 5.74) is 3.40.